The molecular formula is C18H18ClNO3S. The summed E-state index contributed by atoms with van der Waals surface area (Å²) in [5, 5.41) is 3.22. The lowest BCUT2D eigenvalue weighted by atomic mass is 10.2. The Balaban J connectivity index is 1.74. The number of benzene rings is 2. The number of carbonyl (C=O) groups is 2. The van der Waals surface area contributed by atoms with Gasteiger partial charge >= 0.3 is 5.97 Å². The molecule has 0 saturated heterocycles. The third-order valence-electron chi connectivity index (χ3n) is 3.17. The summed E-state index contributed by atoms with van der Waals surface area (Å²) in [6, 6.07) is 12.7. The first kappa shape index (κ1) is 18.4. The molecule has 24 heavy (non-hydrogen) atoms. The standard InChI is InChI=1S/C18H18ClNO3S/c1-12-3-8-16(13(2)9-12)24-11-18(22)23-10-17(21)20-15-6-4-14(19)5-7-15/h3-9H,10-11H2,1-2H3,(H,20,21). The molecule has 0 radical (unpaired) electrons. The highest BCUT2D eigenvalue weighted by Gasteiger charge is 2.09. The molecular weight excluding hydrogens is 346 g/mol. The van der Waals surface area contributed by atoms with Crippen LogP contribution in [0.4, 0.5) is 5.69 Å². The predicted molar refractivity (Wildman–Crippen MR) is 97.7 cm³/mol. The van der Waals surface area contributed by atoms with E-state index in [1.165, 1.54) is 17.3 Å². The zero-order valence-electron chi connectivity index (χ0n) is 13.5. The molecule has 1 amide bonds. The van der Waals surface area contributed by atoms with E-state index in [2.05, 4.69) is 11.4 Å². The van der Waals surface area contributed by atoms with Gasteiger partial charge in [-0.3, -0.25) is 9.59 Å². The first-order valence-electron chi connectivity index (χ1n) is 7.35. The topological polar surface area (TPSA) is 55.4 Å². The van der Waals surface area contributed by atoms with E-state index in [4.69, 9.17) is 16.3 Å². The largest absolute Gasteiger partial charge is 0.455 e. The predicted octanol–water partition coefficient (Wildman–Crippen LogP) is 4.23. The smallest absolute Gasteiger partial charge is 0.316 e. The SMILES string of the molecule is Cc1ccc(SCC(=O)OCC(=O)Nc2ccc(Cl)cc2)c(C)c1. The Kier molecular flexibility index (Phi) is 6.70. The molecule has 2 rings (SSSR count). The Morgan fingerprint density at radius 2 is 1.83 bits per heavy atom. The molecule has 1 N–H and O–H groups in total. The number of hydrogen-bond donors (Lipinski definition) is 1. The minimum atomic E-state index is -0.425. The number of anilines is 1. The molecule has 6 heteroatoms. The molecule has 0 aliphatic heterocycles. The third-order valence-corrected chi connectivity index (χ3v) is 4.57. The number of carbonyl (C=O) groups excluding carboxylic acids is 2. The number of aryl methyl sites for hydroxylation is 2. The van der Waals surface area contributed by atoms with Crippen molar-refractivity contribution in [3.8, 4) is 0 Å². The number of amides is 1. The number of ether oxygens (including phenoxy) is 1. The zero-order valence-corrected chi connectivity index (χ0v) is 15.0. The molecule has 0 aliphatic rings. The molecule has 0 spiro atoms. The van der Waals surface area contributed by atoms with Crippen molar-refractivity contribution >= 4 is 40.9 Å². The summed E-state index contributed by atoms with van der Waals surface area (Å²) in [4.78, 5) is 24.5. The fourth-order valence-electron chi connectivity index (χ4n) is 2.02. The first-order chi connectivity index (χ1) is 11.4. The zero-order chi connectivity index (χ0) is 17.5. The Labute approximate surface area is 150 Å². The Morgan fingerprint density at radius 3 is 2.50 bits per heavy atom. The van der Waals surface area contributed by atoms with Crippen LogP contribution in [0, 0.1) is 13.8 Å². The lowest BCUT2D eigenvalue weighted by molar-refractivity contribution is -0.144. The Bertz CT molecular complexity index is 732. The number of hydrogen-bond acceptors (Lipinski definition) is 4. The van der Waals surface area contributed by atoms with Crippen LogP contribution in [0.5, 0.6) is 0 Å². The Morgan fingerprint density at radius 1 is 1.12 bits per heavy atom. The molecule has 0 unspecified atom stereocenters. The van der Waals surface area contributed by atoms with Gasteiger partial charge in [0.15, 0.2) is 6.61 Å². The first-order valence-corrected chi connectivity index (χ1v) is 8.71. The van der Waals surface area contributed by atoms with E-state index in [1.54, 1.807) is 24.3 Å². The van der Waals surface area contributed by atoms with E-state index >= 15 is 0 Å². The van der Waals surface area contributed by atoms with Gasteiger partial charge in [0.05, 0.1) is 5.75 Å². The monoisotopic (exact) mass is 363 g/mol. The molecule has 126 valence electrons. The van der Waals surface area contributed by atoms with Gasteiger partial charge in [0.1, 0.15) is 0 Å². The van der Waals surface area contributed by atoms with Crippen molar-refractivity contribution in [2.24, 2.45) is 0 Å². The van der Waals surface area contributed by atoms with Gasteiger partial charge in [-0.05, 0) is 49.7 Å². The van der Waals surface area contributed by atoms with Crippen LogP contribution in [0.1, 0.15) is 11.1 Å². The van der Waals surface area contributed by atoms with Gasteiger partial charge in [-0.2, -0.15) is 0 Å². The van der Waals surface area contributed by atoms with Crippen LogP contribution in [0.2, 0.25) is 5.02 Å². The highest BCUT2D eigenvalue weighted by atomic mass is 35.5. The fraction of sp³-hybridized carbons (Fsp3) is 0.222. The maximum atomic E-state index is 11.8. The van der Waals surface area contributed by atoms with Crippen molar-refractivity contribution in [3.63, 3.8) is 0 Å². The van der Waals surface area contributed by atoms with E-state index in [9.17, 15) is 9.59 Å². The number of esters is 1. The molecule has 0 atom stereocenters. The van der Waals surface area contributed by atoms with Crippen molar-refractivity contribution in [2.45, 2.75) is 18.7 Å². The second-order valence-corrected chi connectivity index (χ2v) is 6.73. The van der Waals surface area contributed by atoms with Crippen molar-refractivity contribution in [3.05, 3.63) is 58.6 Å². The molecule has 0 fully saturated rings. The molecule has 2 aromatic rings. The third kappa shape index (κ3) is 5.91. The molecule has 2 aromatic carbocycles. The van der Waals surface area contributed by atoms with Gasteiger partial charge in [0.2, 0.25) is 0 Å². The van der Waals surface area contributed by atoms with Gasteiger partial charge in [0.25, 0.3) is 5.91 Å². The lowest BCUT2D eigenvalue weighted by Crippen LogP contribution is -2.21. The number of nitrogens with one attached hydrogen (secondary N) is 1. The van der Waals surface area contributed by atoms with E-state index in [1.807, 2.05) is 26.0 Å². The summed E-state index contributed by atoms with van der Waals surface area (Å²) >= 11 is 7.17. The van der Waals surface area contributed by atoms with Crippen molar-refractivity contribution in [1.82, 2.24) is 0 Å². The summed E-state index contributed by atoms with van der Waals surface area (Å²) in [7, 11) is 0. The van der Waals surface area contributed by atoms with E-state index in [0.717, 1.165) is 10.5 Å². The maximum absolute atomic E-state index is 11.8. The van der Waals surface area contributed by atoms with Crippen molar-refractivity contribution in [1.29, 1.82) is 0 Å². The van der Waals surface area contributed by atoms with Crippen LogP contribution in [-0.4, -0.2) is 24.2 Å². The van der Waals surface area contributed by atoms with Gasteiger partial charge in [0, 0.05) is 15.6 Å². The van der Waals surface area contributed by atoms with Crippen molar-refractivity contribution < 1.29 is 14.3 Å². The molecule has 0 aromatic heterocycles. The fourth-order valence-corrected chi connectivity index (χ4v) is 2.95. The molecule has 0 saturated carbocycles. The van der Waals surface area contributed by atoms with E-state index in [0.29, 0.717) is 10.7 Å². The molecule has 0 heterocycles. The average molecular weight is 364 g/mol. The summed E-state index contributed by atoms with van der Waals surface area (Å²) in [6.45, 7) is 3.71. The summed E-state index contributed by atoms with van der Waals surface area (Å²) in [6.07, 6.45) is 0. The van der Waals surface area contributed by atoms with Crippen molar-refractivity contribution in [2.75, 3.05) is 17.7 Å². The highest BCUT2D eigenvalue weighted by Crippen LogP contribution is 2.23. The van der Waals surface area contributed by atoms with Crippen LogP contribution >= 0.6 is 23.4 Å². The van der Waals surface area contributed by atoms with Crippen LogP contribution in [-0.2, 0) is 14.3 Å². The number of rotatable bonds is 6. The second-order valence-electron chi connectivity index (χ2n) is 5.27. The summed E-state index contributed by atoms with van der Waals surface area (Å²) in [5.41, 5.74) is 2.90. The number of halogens is 1. The van der Waals surface area contributed by atoms with Gasteiger partial charge in [-0.15, -0.1) is 11.8 Å². The number of thioether (sulfide) groups is 1. The Hall–Kier alpha value is -1.98. The van der Waals surface area contributed by atoms with Crippen LogP contribution in [0.25, 0.3) is 0 Å². The summed E-state index contributed by atoms with van der Waals surface area (Å²) in [5.74, 6) is -0.647. The normalized spacial score (nSPS) is 10.3. The van der Waals surface area contributed by atoms with Crippen LogP contribution in [0.3, 0.4) is 0 Å². The summed E-state index contributed by atoms with van der Waals surface area (Å²) < 4.78 is 4.99. The van der Waals surface area contributed by atoms with Gasteiger partial charge in [-0.1, -0.05) is 29.3 Å². The van der Waals surface area contributed by atoms with Crippen LogP contribution < -0.4 is 5.32 Å². The maximum Gasteiger partial charge on any atom is 0.316 e. The molecule has 0 aliphatic carbocycles. The quantitative estimate of drug-likeness (QED) is 0.616. The van der Waals surface area contributed by atoms with E-state index in [-0.39, 0.29) is 18.3 Å². The minimum absolute atomic E-state index is 0.165. The van der Waals surface area contributed by atoms with Gasteiger partial charge < -0.3 is 10.1 Å². The minimum Gasteiger partial charge on any atom is -0.455 e. The van der Waals surface area contributed by atoms with E-state index < -0.39 is 5.97 Å². The van der Waals surface area contributed by atoms with Gasteiger partial charge in [-0.25, -0.2) is 0 Å². The van der Waals surface area contributed by atoms with Crippen LogP contribution in [0.15, 0.2) is 47.4 Å². The lowest BCUT2D eigenvalue weighted by Gasteiger charge is -2.08. The average Bonchev–Trinajstić information content (AvgIpc) is 2.54. The molecule has 4 nitrogen and oxygen atoms in total. The second kappa shape index (κ2) is 8.76. The highest BCUT2D eigenvalue weighted by molar-refractivity contribution is 8.00. The molecule has 0 bridgehead atoms.